The lowest BCUT2D eigenvalue weighted by molar-refractivity contribution is -0.362. The third-order valence-corrected chi connectivity index (χ3v) is 4.70. The van der Waals surface area contributed by atoms with Gasteiger partial charge in [0.15, 0.2) is 0 Å². The van der Waals surface area contributed by atoms with Crippen LogP contribution in [0.5, 0.6) is 0 Å². The van der Waals surface area contributed by atoms with Crippen molar-refractivity contribution in [3.8, 4) is 0 Å². The van der Waals surface area contributed by atoms with Crippen LogP contribution < -0.4 is 0 Å². The molecule has 0 amide bonds. The SMILES string of the molecule is Cc1c(C(F)(F)C(F)(F)C(F)(F)F)cc(C(F)(F)C(F)(F)C(F)(F)F)cc1C(F)(F)C(F)(F)C(F)(F)F. The minimum absolute atomic E-state index is 0.602. The van der Waals surface area contributed by atoms with Gasteiger partial charge in [0, 0.05) is 16.7 Å². The topological polar surface area (TPSA) is 0 Å². The van der Waals surface area contributed by atoms with Gasteiger partial charge in [0.2, 0.25) is 0 Å². The predicted molar refractivity (Wildman–Crippen MR) is 75.9 cm³/mol. The average Bonchev–Trinajstić information content (AvgIpc) is 2.64. The van der Waals surface area contributed by atoms with Crippen molar-refractivity contribution in [3.05, 3.63) is 34.4 Å². The van der Waals surface area contributed by atoms with E-state index >= 15 is 0 Å². The highest BCUT2D eigenvalue weighted by molar-refractivity contribution is 5.47. The van der Waals surface area contributed by atoms with E-state index in [4.69, 9.17) is 0 Å². The fourth-order valence-electron chi connectivity index (χ4n) is 2.60. The van der Waals surface area contributed by atoms with Crippen molar-refractivity contribution in [2.24, 2.45) is 0 Å². The van der Waals surface area contributed by atoms with E-state index in [2.05, 4.69) is 0 Å². The molecule has 0 N–H and O–H groups in total. The van der Waals surface area contributed by atoms with Gasteiger partial charge in [-0.1, -0.05) is 0 Å². The summed E-state index contributed by atoms with van der Waals surface area (Å²) in [6.07, 6.45) is -22.3. The lowest BCUT2D eigenvalue weighted by atomic mass is 9.85. The molecule has 0 bridgehead atoms. The monoisotopic (exact) mass is 596 g/mol. The van der Waals surface area contributed by atoms with Crippen molar-refractivity contribution in [3.63, 3.8) is 0 Å². The van der Waals surface area contributed by atoms with E-state index in [1.807, 2.05) is 0 Å². The van der Waals surface area contributed by atoms with Crippen LogP contribution >= 0.6 is 0 Å². The summed E-state index contributed by atoms with van der Waals surface area (Å²) < 4.78 is 276. The summed E-state index contributed by atoms with van der Waals surface area (Å²) in [5.41, 5.74) is -13.8. The smallest absolute Gasteiger partial charge is 0.194 e. The van der Waals surface area contributed by atoms with Crippen LogP contribution in [-0.4, -0.2) is 36.3 Å². The first-order chi connectivity index (χ1) is 15.7. The average molecular weight is 596 g/mol. The van der Waals surface area contributed by atoms with Gasteiger partial charge >= 0.3 is 54.1 Å². The number of hydrogen-bond acceptors (Lipinski definition) is 0. The van der Waals surface area contributed by atoms with E-state index in [-0.39, 0.29) is 0 Å². The van der Waals surface area contributed by atoms with E-state index in [9.17, 15) is 92.2 Å². The maximum atomic E-state index is 14.1. The third-order valence-electron chi connectivity index (χ3n) is 4.70. The van der Waals surface area contributed by atoms with Gasteiger partial charge in [0.1, 0.15) is 0 Å². The molecule has 0 aliphatic rings. The van der Waals surface area contributed by atoms with Crippen LogP contribution in [0.4, 0.5) is 92.2 Å². The highest BCUT2D eigenvalue weighted by atomic mass is 19.4. The molecule has 0 heterocycles. The summed E-state index contributed by atoms with van der Waals surface area (Å²) in [6, 6.07) is -3.42. The van der Waals surface area contributed by atoms with Crippen LogP contribution in [-0.2, 0) is 17.8 Å². The maximum absolute atomic E-state index is 14.1. The van der Waals surface area contributed by atoms with E-state index in [1.165, 1.54) is 0 Å². The lowest BCUT2D eigenvalue weighted by Gasteiger charge is -2.35. The van der Waals surface area contributed by atoms with Crippen LogP contribution in [0, 0.1) is 6.92 Å². The van der Waals surface area contributed by atoms with Gasteiger partial charge in [-0.15, -0.1) is 0 Å². The first kappa shape index (κ1) is 32.8. The Hall–Kier alpha value is -2.25. The van der Waals surface area contributed by atoms with E-state index < -0.39 is 95.4 Å². The lowest BCUT2D eigenvalue weighted by Crippen LogP contribution is -2.53. The molecule has 216 valence electrons. The highest BCUT2D eigenvalue weighted by Crippen LogP contribution is 2.59. The Bertz CT molecular complexity index is 944. The number of benzene rings is 1. The normalized spacial score (nSPS) is 15.8. The molecule has 0 radical (unpaired) electrons. The van der Waals surface area contributed by atoms with Crippen molar-refractivity contribution >= 4 is 0 Å². The first-order valence-electron chi connectivity index (χ1n) is 8.37. The Morgan fingerprint density at radius 3 is 0.811 bits per heavy atom. The Labute approximate surface area is 189 Å². The van der Waals surface area contributed by atoms with Crippen LogP contribution in [0.3, 0.4) is 0 Å². The second-order valence-corrected chi connectivity index (χ2v) is 7.14. The van der Waals surface area contributed by atoms with Crippen molar-refractivity contribution < 1.29 is 92.2 Å². The van der Waals surface area contributed by atoms with Crippen molar-refractivity contribution in [1.82, 2.24) is 0 Å². The fraction of sp³-hybridized carbons (Fsp3) is 0.625. The van der Waals surface area contributed by atoms with Gasteiger partial charge in [-0.3, -0.25) is 0 Å². The zero-order chi connectivity index (χ0) is 30.2. The van der Waals surface area contributed by atoms with Crippen molar-refractivity contribution in [2.45, 2.75) is 61.0 Å². The van der Waals surface area contributed by atoms with Crippen molar-refractivity contribution in [1.29, 1.82) is 0 Å². The van der Waals surface area contributed by atoms with E-state index in [1.54, 1.807) is 0 Å². The Kier molecular flexibility index (Phi) is 7.42. The summed E-state index contributed by atoms with van der Waals surface area (Å²) in [4.78, 5) is 0. The molecule has 1 aromatic carbocycles. The highest BCUT2D eigenvalue weighted by Gasteiger charge is 2.78. The molecule has 0 unspecified atom stereocenters. The standard InChI is InChI=1S/C16H5F21/c1-4-6(9(19,20)12(25,26)15(32,33)34)2-5(8(17,18)11(23,24)14(29,30)31)3-7(4)10(21,22)13(27,28)16(35,36)37/h2-3H,1H3. The molecular formula is C16H5F21. The van der Waals surface area contributed by atoms with Gasteiger partial charge in [-0.05, 0) is 24.6 Å². The van der Waals surface area contributed by atoms with Crippen LogP contribution in [0.1, 0.15) is 22.3 Å². The number of rotatable bonds is 6. The molecule has 0 aliphatic carbocycles. The van der Waals surface area contributed by atoms with Gasteiger partial charge in [0.05, 0.1) is 0 Å². The molecule has 0 aliphatic heterocycles. The summed E-state index contributed by atoms with van der Waals surface area (Å²) >= 11 is 0. The Morgan fingerprint density at radius 1 is 0.378 bits per heavy atom. The third kappa shape index (κ3) is 4.63. The molecule has 0 saturated heterocycles. The predicted octanol–water partition coefficient (Wildman–Crippen LogP) is 8.86. The van der Waals surface area contributed by atoms with Crippen molar-refractivity contribution in [2.75, 3.05) is 0 Å². The molecule has 0 saturated carbocycles. The fourth-order valence-corrected chi connectivity index (χ4v) is 2.60. The summed E-state index contributed by atoms with van der Waals surface area (Å²) in [5.74, 6) is -44.2. The van der Waals surface area contributed by atoms with Crippen LogP contribution in [0.2, 0.25) is 0 Å². The molecular weight excluding hydrogens is 591 g/mol. The second-order valence-electron chi connectivity index (χ2n) is 7.14. The molecule has 1 aromatic rings. The summed E-state index contributed by atoms with van der Waals surface area (Å²) in [7, 11) is 0. The van der Waals surface area contributed by atoms with E-state index in [0.717, 1.165) is 0 Å². The Morgan fingerprint density at radius 2 is 0.595 bits per heavy atom. The molecule has 0 aromatic heterocycles. The van der Waals surface area contributed by atoms with Gasteiger partial charge in [-0.2, -0.15) is 92.2 Å². The number of alkyl halides is 21. The van der Waals surface area contributed by atoms with Crippen LogP contribution in [0.25, 0.3) is 0 Å². The minimum atomic E-state index is -7.55. The molecule has 0 atom stereocenters. The number of halogens is 21. The van der Waals surface area contributed by atoms with E-state index in [0.29, 0.717) is 0 Å². The molecule has 21 heteroatoms. The zero-order valence-electron chi connectivity index (χ0n) is 16.6. The Balaban J connectivity index is 4.35. The zero-order valence-corrected chi connectivity index (χ0v) is 16.6. The first-order valence-corrected chi connectivity index (χ1v) is 8.37. The second kappa shape index (κ2) is 8.37. The minimum Gasteiger partial charge on any atom is -0.194 e. The molecule has 0 fully saturated rings. The molecule has 37 heavy (non-hydrogen) atoms. The number of hydrogen-bond donors (Lipinski definition) is 0. The maximum Gasteiger partial charge on any atom is 0.460 e. The van der Waals surface area contributed by atoms with Crippen LogP contribution in [0.15, 0.2) is 12.1 Å². The van der Waals surface area contributed by atoms with Gasteiger partial charge in [-0.25, -0.2) is 0 Å². The summed E-state index contributed by atoms with van der Waals surface area (Å²) in [5, 5.41) is 0. The summed E-state index contributed by atoms with van der Waals surface area (Å²) in [6.45, 7) is -0.602. The molecule has 1 rings (SSSR count). The largest absolute Gasteiger partial charge is 0.460 e. The molecule has 0 spiro atoms. The molecule has 0 nitrogen and oxygen atoms in total. The quantitative estimate of drug-likeness (QED) is 0.288. The van der Waals surface area contributed by atoms with Gasteiger partial charge in [0.25, 0.3) is 0 Å². The van der Waals surface area contributed by atoms with Gasteiger partial charge < -0.3 is 0 Å².